The molecular weight excluding hydrogens is 220 g/mol. The zero-order chi connectivity index (χ0) is 12.4. The van der Waals surface area contributed by atoms with Crippen molar-refractivity contribution in [2.75, 3.05) is 0 Å². The Morgan fingerprint density at radius 1 is 1.53 bits per heavy atom. The Kier molecular flexibility index (Phi) is 1.98. The van der Waals surface area contributed by atoms with E-state index in [1.54, 1.807) is 6.92 Å². The summed E-state index contributed by atoms with van der Waals surface area (Å²) in [6, 6.07) is 0. The van der Waals surface area contributed by atoms with Gasteiger partial charge >= 0.3 is 11.9 Å². The van der Waals surface area contributed by atoms with E-state index in [0.29, 0.717) is 5.57 Å². The summed E-state index contributed by atoms with van der Waals surface area (Å²) in [4.78, 5) is 23.2. The summed E-state index contributed by atoms with van der Waals surface area (Å²) in [5.74, 6) is -0.221. The normalized spacial score (nSPS) is 45.9. The van der Waals surface area contributed by atoms with E-state index in [1.807, 2.05) is 0 Å². The van der Waals surface area contributed by atoms with Crippen molar-refractivity contribution < 1.29 is 19.1 Å². The minimum absolute atomic E-state index is 0.0322. The average Bonchev–Trinajstić information content (AvgIpc) is 2.78. The second-order valence-corrected chi connectivity index (χ2v) is 5.84. The molecule has 0 aromatic rings. The fourth-order valence-corrected chi connectivity index (χ4v) is 3.67. The van der Waals surface area contributed by atoms with Crippen molar-refractivity contribution in [3.8, 4) is 0 Å². The molecule has 0 amide bonds. The van der Waals surface area contributed by atoms with Gasteiger partial charge in [0.25, 0.3) is 0 Å². The molecule has 1 saturated heterocycles. The second-order valence-electron chi connectivity index (χ2n) is 5.84. The molecule has 92 valence electrons. The summed E-state index contributed by atoms with van der Waals surface area (Å²) in [6.07, 6.45) is 1.18. The molecular formula is C13H16O4. The van der Waals surface area contributed by atoms with Crippen LogP contribution < -0.4 is 0 Å². The first-order chi connectivity index (χ1) is 7.92. The third-order valence-corrected chi connectivity index (χ3v) is 4.45. The lowest BCUT2D eigenvalue weighted by Gasteiger charge is -2.32. The predicted octanol–water partition coefficient (Wildman–Crippen LogP) is 1.45. The molecule has 2 bridgehead atoms. The van der Waals surface area contributed by atoms with Gasteiger partial charge in [-0.2, -0.15) is 0 Å². The molecule has 2 aliphatic carbocycles. The number of carbonyl (C=O) groups excluding carboxylic acids is 2. The summed E-state index contributed by atoms with van der Waals surface area (Å²) >= 11 is 0. The molecule has 2 saturated carbocycles. The first-order valence-corrected chi connectivity index (χ1v) is 5.99. The van der Waals surface area contributed by atoms with Crippen molar-refractivity contribution in [3.63, 3.8) is 0 Å². The molecule has 4 heteroatoms. The standard InChI is InChI=1S/C13H16O4/c1-6(2)11(14)17-10-9-7-4-13(10,3)5-8(7)12(15)16-9/h7-10H,1,4-5H2,2-3H3. The van der Waals surface area contributed by atoms with E-state index in [1.165, 1.54) is 0 Å². The SMILES string of the molecule is C=C(C)C(=O)OC1C2OC(=O)C3CC1(C)CC32. The Hall–Kier alpha value is -1.32. The van der Waals surface area contributed by atoms with E-state index in [9.17, 15) is 9.59 Å². The molecule has 3 aliphatic rings. The lowest BCUT2D eigenvalue weighted by Crippen LogP contribution is -2.41. The number of carbonyl (C=O) groups is 2. The Labute approximate surface area is 100.0 Å². The van der Waals surface area contributed by atoms with Crippen LogP contribution in [0.2, 0.25) is 0 Å². The highest BCUT2D eigenvalue weighted by molar-refractivity contribution is 5.87. The molecule has 0 spiro atoms. The number of esters is 2. The number of ether oxygens (including phenoxy) is 2. The number of hydrogen-bond acceptors (Lipinski definition) is 4. The maximum atomic E-state index is 11.6. The fraction of sp³-hybridized carbons (Fsp3) is 0.692. The minimum atomic E-state index is -0.386. The topological polar surface area (TPSA) is 52.6 Å². The maximum absolute atomic E-state index is 11.6. The molecule has 17 heavy (non-hydrogen) atoms. The summed E-state index contributed by atoms with van der Waals surface area (Å²) in [6.45, 7) is 7.28. The van der Waals surface area contributed by atoms with E-state index < -0.39 is 0 Å². The lowest BCUT2D eigenvalue weighted by molar-refractivity contribution is -0.161. The highest BCUT2D eigenvalue weighted by atomic mass is 16.6. The monoisotopic (exact) mass is 236 g/mol. The molecule has 1 heterocycles. The first-order valence-electron chi connectivity index (χ1n) is 5.99. The van der Waals surface area contributed by atoms with Crippen LogP contribution in [0.3, 0.4) is 0 Å². The van der Waals surface area contributed by atoms with Gasteiger partial charge in [-0.1, -0.05) is 13.5 Å². The van der Waals surface area contributed by atoms with Crippen molar-refractivity contribution in [1.82, 2.24) is 0 Å². The molecule has 5 unspecified atom stereocenters. The smallest absolute Gasteiger partial charge is 0.333 e. The van der Waals surface area contributed by atoms with Gasteiger partial charge in [-0.05, 0) is 19.8 Å². The van der Waals surface area contributed by atoms with Gasteiger partial charge in [-0.3, -0.25) is 4.79 Å². The van der Waals surface area contributed by atoms with Crippen LogP contribution in [0.1, 0.15) is 26.7 Å². The van der Waals surface area contributed by atoms with Gasteiger partial charge in [0.15, 0.2) is 0 Å². The molecule has 0 N–H and O–H groups in total. The Balaban J connectivity index is 1.85. The van der Waals surface area contributed by atoms with Crippen LogP contribution >= 0.6 is 0 Å². The van der Waals surface area contributed by atoms with Crippen molar-refractivity contribution in [3.05, 3.63) is 12.2 Å². The van der Waals surface area contributed by atoms with E-state index in [4.69, 9.17) is 9.47 Å². The van der Waals surface area contributed by atoms with E-state index in [2.05, 4.69) is 13.5 Å². The van der Waals surface area contributed by atoms with Crippen molar-refractivity contribution in [2.45, 2.75) is 38.9 Å². The largest absolute Gasteiger partial charge is 0.458 e. The van der Waals surface area contributed by atoms with E-state index >= 15 is 0 Å². The number of fused-ring (bicyclic) bond motifs is 1. The van der Waals surface area contributed by atoms with Gasteiger partial charge in [0.05, 0.1) is 5.92 Å². The minimum Gasteiger partial charge on any atom is -0.458 e. The van der Waals surface area contributed by atoms with Gasteiger partial charge in [0, 0.05) is 16.9 Å². The molecule has 1 aliphatic heterocycles. The van der Waals surface area contributed by atoms with Gasteiger partial charge in [0.1, 0.15) is 12.2 Å². The van der Waals surface area contributed by atoms with Gasteiger partial charge in [0.2, 0.25) is 0 Å². The molecule has 5 atom stereocenters. The van der Waals surface area contributed by atoms with Crippen LogP contribution in [0.5, 0.6) is 0 Å². The van der Waals surface area contributed by atoms with Crippen molar-refractivity contribution >= 4 is 11.9 Å². The zero-order valence-electron chi connectivity index (χ0n) is 10.1. The zero-order valence-corrected chi connectivity index (χ0v) is 10.1. The Morgan fingerprint density at radius 3 is 2.88 bits per heavy atom. The highest BCUT2D eigenvalue weighted by Gasteiger charge is 2.68. The molecule has 3 fully saturated rings. The predicted molar refractivity (Wildman–Crippen MR) is 58.9 cm³/mol. The van der Waals surface area contributed by atoms with Gasteiger partial charge in [-0.25, -0.2) is 4.79 Å². The molecule has 0 aromatic heterocycles. The molecule has 4 nitrogen and oxygen atoms in total. The van der Waals surface area contributed by atoms with Crippen LogP contribution in [0.25, 0.3) is 0 Å². The van der Waals surface area contributed by atoms with Crippen molar-refractivity contribution in [2.24, 2.45) is 17.3 Å². The Bertz CT molecular complexity index is 427. The number of hydrogen-bond donors (Lipinski definition) is 0. The van der Waals surface area contributed by atoms with Crippen LogP contribution in [0, 0.1) is 17.3 Å². The summed E-state index contributed by atoms with van der Waals surface area (Å²) < 4.78 is 10.8. The van der Waals surface area contributed by atoms with Crippen LogP contribution in [0.4, 0.5) is 0 Å². The molecule has 0 radical (unpaired) electrons. The first kappa shape index (κ1) is 10.8. The highest BCUT2D eigenvalue weighted by Crippen LogP contribution is 2.62. The quantitative estimate of drug-likeness (QED) is 0.538. The lowest BCUT2D eigenvalue weighted by atomic mass is 9.79. The third kappa shape index (κ3) is 1.30. The van der Waals surface area contributed by atoms with E-state index in [0.717, 1.165) is 12.8 Å². The summed E-state index contributed by atoms with van der Waals surface area (Å²) in [5, 5.41) is 0. The second kappa shape index (κ2) is 3.12. The third-order valence-electron chi connectivity index (χ3n) is 4.45. The van der Waals surface area contributed by atoms with Gasteiger partial charge in [-0.15, -0.1) is 0 Å². The van der Waals surface area contributed by atoms with Gasteiger partial charge < -0.3 is 9.47 Å². The molecule has 3 rings (SSSR count). The van der Waals surface area contributed by atoms with E-state index in [-0.39, 0.29) is 41.4 Å². The summed E-state index contributed by atoms with van der Waals surface area (Å²) in [7, 11) is 0. The maximum Gasteiger partial charge on any atom is 0.333 e. The van der Waals surface area contributed by atoms with Crippen LogP contribution in [-0.2, 0) is 19.1 Å². The molecule has 0 aromatic carbocycles. The Morgan fingerprint density at radius 2 is 2.24 bits per heavy atom. The van der Waals surface area contributed by atoms with Crippen LogP contribution in [-0.4, -0.2) is 24.1 Å². The van der Waals surface area contributed by atoms with Crippen LogP contribution in [0.15, 0.2) is 12.2 Å². The van der Waals surface area contributed by atoms with Crippen molar-refractivity contribution in [1.29, 1.82) is 0 Å². The number of rotatable bonds is 2. The summed E-state index contributed by atoms with van der Waals surface area (Å²) in [5.41, 5.74) is 0.286. The fourth-order valence-electron chi connectivity index (χ4n) is 3.67. The average molecular weight is 236 g/mol.